The van der Waals surface area contributed by atoms with E-state index in [0.29, 0.717) is 18.7 Å². The van der Waals surface area contributed by atoms with Gasteiger partial charge in [0.25, 0.3) is 0 Å². The molecule has 3 aliphatic heterocycles. The topological polar surface area (TPSA) is 40.6 Å². The summed E-state index contributed by atoms with van der Waals surface area (Å²) in [6.45, 7) is 9.53. The van der Waals surface area contributed by atoms with Crippen molar-refractivity contribution in [1.29, 1.82) is 0 Å². The highest BCUT2D eigenvalue weighted by atomic mass is 16.2. The van der Waals surface area contributed by atoms with E-state index in [-0.39, 0.29) is 11.7 Å². The lowest BCUT2D eigenvalue weighted by atomic mass is 9.70. The van der Waals surface area contributed by atoms with E-state index in [4.69, 9.17) is 0 Å². The summed E-state index contributed by atoms with van der Waals surface area (Å²) >= 11 is 0. The predicted octanol–water partition coefficient (Wildman–Crippen LogP) is 4.22. The number of nitrogens with zero attached hydrogens (tertiary/aromatic N) is 2. The van der Waals surface area contributed by atoms with Crippen LogP contribution in [0.5, 0.6) is 0 Å². The molecule has 0 bridgehead atoms. The number of amides is 1. The van der Waals surface area contributed by atoms with Gasteiger partial charge in [-0.05, 0) is 51.9 Å². The molecular formula is C26H28N2O2. The van der Waals surface area contributed by atoms with Crippen LogP contribution in [0.25, 0.3) is 5.57 Å². The SMILES string of the molecule is CC1=CC(C)(C)N2C(=O)C3(CN(C)CC3C(=O)c3ccccc3)c3cc(C)cc1c32. The van der Waals surface area contributed by atoms with Gasteiger partial charge in [0.2, 0.25) is 5.91 Å². The van der Waals surface area contributed by atoms with Crippen molar-refractivity contribution in [1.82, 2.24) is 4.90 Å². The number of carbonyl (C=O) groups excluding carboxylic acids is 2. The Morgan fingerprint density at radius 2 is 1.80 bits per heavy atom. The minimum absolute atomic E-state index is 0.0610. The van der Waals surface area contributed by atoms with E-state index in [2.05, 4.69) is 50.8 Å². The molecule has 5 rings (SSSR count). The second-order valence-electron chi connectivity index (χ2n) is 9.78. The largest absolute Gasteiger partial charge is 0.304 e. The van der Waals surface area contributed by atoms with E-state index >= 15 is 0 Å². The monoisotopic (exact) mass is 400 g/mol. The molecule has 0 aliphatic carbocycles. The lowest BCUT2D eigenvalue weighted by Gasteiger charge is -2.40. The van der Waals surface area contributed by atoms with Gasteiger partial charge < -0.3 is 9.80 Å². The number of fused-ring (bicyclic) bond motifs is 1. The van der Waals surface area contributed by atoms with Crippen molar-refractivity contribution in [2.45, 2.75) is 38.6 Å². The van der Waals surface area contributed by atoms with Gasteiger partial charge >= 0.3 is 0 Å². The van der Waals surface area contributed by atoms with E-state index in [9.17, 15) is 9.59 Å². The van der Waals surface area contributed by atoms with Crippen molar-refractivity contribution in [3.63, 3.8) is 0 Å². The summed E-state index contributed by atoms with van der Waals surface area (Å²) in [5, 5.41) is 0. The van der Waals surface area contributed by atoms with Crippen LogP contribution in [0.15, 0.2) is 48.5 Å². The Morgan fingerprint density at radius 3 is 2.50 bits per heavy atom. The van der Waals surface area contributed by atoms with Crippen molar-refractivity contribution >= 4 is 23.0 Å². The summed E-state index contributed by atoms with van der Waals surface area (Å²) in [4.78, 5) is 32.1. The molecule has 1 amide bonds. The number of allylic oxidation sites excluding steroid dienone is 1. The first kappa shape index (κ1) is 19.3. The molecule has 2 atom stereocenters. The third kappa shape index (κ3) is 2.37. The fraction of sp³-hybridized carbons (Fsp3) is 0.385. The summed E-state index contributed by atoms with van der Waals surface area (Å²) < 4.78 is 0. The number of hydrogen-bond acceptors (Lipinski definition) is 3. The number of hydrogen-bond donors (Lipinski definition) is 0. The molecule has 0 N–H and O–H groups in total. The number of anilines is 1. The number of likely N-dealkylation sites (N-methyl/N-ethyl adjacent to an activating group) is 1. The first-order valence-corrected chi connectivity index (χ1v) is 10.6. The number of rotatable bonds is 2. The summed E-state index contributed by atoms with van der Waals surface area (Å²) in [6.07, 6.45) is 2.18. The number of likely N-dealkylation sites (tertiary alicyclic amines) is 1. The fourth-order valence-electron chi connectivity index (χ4n) is 5.97. The molecule has 1 fully saturated rings. The van der Waals surface area contributed by atoms with Crippen LogP contribution in [0.3, 0.4) is 0 Å². The Morgan fingerprint density at radius 1 is 1.10 bits per heavy atom. The van der Waals surface area contributed by atoms with Gasteiger partial charge in [-0.2, -0.15) is 0 Å². The first-order valence-electron chi connectivity index (χ1n) is 10.6. The molecule has 3 heterocycles. The van der Waals surface area contributed by atoms with Crippen molar-refractivity contribution in [3.8, 4) is 0 Å². The van der Waals surface area contributed by atoms with Crippen molar-refractivity contribution in [3.05, 3.63) is 70.8 Å². The van der Waals surface area contributed by atoms with Gasteiger partial charge in [-0.1, -0.05) is 48.0 Å². The second-order valence-corrected chi connectivity index (χ2v) is 9.78. The van der Waals surface area contributed by atoms with E-state index in [1.54, 1.807) is 0 Å². The van der Waals surface area contributed by atoms with E-state index in [1.807, 2.05) is 42.3 Å². The molecule has 2 unspecified atom stereocenters. The van der Waals surface area contributed by atoms with Gasteiger partial charge in [-0.25, -0.2) is 0 Å². The van der Waals surface area contributed by atoms with Crippen LogP contribution in [-0.4, -0.2) is 42.3 Å². The molecular weight excluding hydrogens is 372 g/mol. The quantitative estimate of drug-likeness (QED) is 0.709. The molecule has 0 saturated carbocycles. The van der Waals surface area contributed by atoms with Gasteiger partial charge in [0.1, 0.15) is 5.41 Å². The minimum Gasteiger partial charge on any atom is -0.304 e. The smallest absolute Gasteiger partial charge is 0.240 e. The highest BCUT2D eigenvalue weighted by Gasteiger charge is 2.64. The maximum absolute atomic E-state index is 14.2. The van der Waals surface area contributed by atoms with Gasteiger partial charge in [0.05, 0.1) is 17.1 Å². The summed E-state index contributed by atoms with van der Waals surface area (Å²) in [6, 6.07) is 13.7. The average Bonchev–Trinajstić information content (AvgIpc) is 3.17. The summed E-state index contributed by atoms with van der Waals surface area (Å²) in [5.41, 5.74) is 4.90. The zero-order valence-electron chi connectivity index (χ0n) is 18.3. The van der Waals surface area contributed by atoms with Crippen LogP contribution in [0.2, 0.25) is 0 Å². The molecule has 0 aromatic heterocycles. The zero-order valence-corrected chi connectivity index (χ0v) is 18.3. The Bertz CT molecular complexity index is 1120. The Kier molecular flexibility index (Phi) is 3.94. The van der Waals surface area contributed by atoms with E-state index in [1.165, 1.54) is 5.57 Å². The van der Waals surface area contributed by atoms with Gasteiger partial charge in [0.15, 0.2) is 5.78 Å². The summed E-state index contributed by atoms with van der Waals surface area (Å²) in [7, 11) is 2.01. The molecule has 0 radical (unpaired) electrons. The van der Waals surface area contributed by atoms with Crippen LogP contribution in [0.1, 0.15) is 47.8 Å². The summed E-state index contributed by atoms with van der Waals surface area (Å²) in [5.74, 6) is -0.271. The minimum atomic E-state index is -0.840. The molecule has 4 heteroatoms. The van der Waals surface area contributed by atoms with Crippen LogP contribution >= 0.6 is 0 Å². The zero-order chi connectivity index (χ0) is 21.4. The average molecular weight is 401 g/mol. The third-order valence-electron chi connectivity index (χ3n) is 7.10. The Labute approximate surface area is 178 Å². The molecule has 3 aliphatic rings. The molecule has 4 nitrogen and oxygen atoms in total. The Hall–Kier alpha value is -2.72. The van der Waals surface area contributed by atoms with E-state index in [0.717, 1.165) is 22.4 Å². The number of carbonyl (C=O) groups is 2. The molecule has 2 aromatic carbocycles. The fourth-order valence-corrected chi connectivity index (χ4v) is 5.97. The van der Waals surface area contributed by atoms with Crippen LogP contribution in [-0.2, 0) is 10.2 Å². The number of ketones is 1. The van der Waals surface area contributed by atoms with Gasteiger partial charge in [0, 0.05) is 24.2 Å². The van der Waals surface area contributed by atoms with Crippen molar-refractivity contribution in [2.24, 2.45) is 5.92 Å². The lowest BCUT2D eigenvalue weighted by molar-refractivity contribution is -0.124. The maximum atomic E-state index is 14.2. The molecule has 30 heavy (non-hydrogen) atoms. The predicted molar refractivity (Wildman–Crippen MR) is 120 cm³/mol. The molecule has 1 saturated heterocycles. The van der Waals surface area contributed by atoms with Crippen LogP contribution in [0.4, 0.5) is 5.69 Å². The van der Waals surface area contributed by atoms with Crippen LogP contribution in [0, 0.1) is 12.8 Å². The number of Topliss-reactive ketones (excluding diaryl/α,β-unsaturated/α-hetero) is 1. The van der Waals surface area contributed by atoms with Gasteiger partial charge in [-0.3, -0.25) is 9.59 Å². The third-order valence-corrected chi connectivity index (χ3v) is 7.10. The lowest BCUT2D eigenvalue weighted by Crippen LogP contribution is -2.54. The molecule has 154 valence electrons. The van der Waals surface area contributed by atoms with Crippen molar-refractivity contribution in [2.75, 3.05) is 25.0 Å². The second kappa shape index (κ2) is 6.14. The standard InChI is InChI=1S/C26H28N2O2/c1-16-11-19-17(2)13-25(3,4)28-22(19)20(12-16)26(24(28)30)15-27(5)14-21(26)23(29)18-9-7-6-8-10-18/h6-13,21H,14-15H2,1-5H3. The number of benzene rings is 2. The van der Waals surface area contributed by atoms with E-state index < -0.39 is 16.9 Å². The van der Waals surface area contributed by atoms with Crippen molar-refractivity contribution < 1.29 is 9.59 Å². The van der Waals surface area contributed by atoms with Crippen LogP contribution < -0.4 is 4.90 Å². The highest BCUT2D eigenvalue weighted by Crippen LogP contribution is 2.56. The normalized spacial score (nSPS) is 26.8. The highest BCUT2D eigenvalue weighted by molar-refractivity contribution is 6.17. The Balaban J connectivity index is 1.77. The molecule has 1 spiro atoms. The molecule has 2 aromatic rings. The number of aryl methyl sites for hydroxylation is 1. The maximum Gasteiger partial charge on any atom is 0.240 e. The van der Waals surface area contributed by atoms with Gasteiger partial charge in [-0.15, -0.1) is 0 Å². The first-order chi connectivity index (χ1) is 14.2.